The summed E-state index contributed by atoms with van der Waals surface area (Å²) in [6, 6.07) is 19.3. The molecule has 3 aromatic rings. The molecule has 0 spiro atoms. The van der Waals surface area contributed by atoms with Gasteiger partial charge in [0.15, 0.2) is 0 Å². The van der Waals surface area contributed by atoms with Crippen molar-refractivity contribution in [3.63, 3.8) is 0 Å². The molecule has 1 aromatic heterocycles. The van der Waals surface area contributed by atoms with Crippen molar-refractivity contribution in [2.45, 2.75) is 43.4 Å². The van der Waals surface area contributed by atoms with Crippen LogP contribution in [0.2, 0.25) is 0 Å². The zero-order chi connectivity index (χ0) is 19.7. The van der Waals surface area contributed by atoms with Crippen molar-refractivity contribution in [2.24, 2.45) is 0 Å². The van der Waals surface area contributed by atoms with Crippen LogP contribution in [0.3, 0.4) is 0 Å². The third kappa shape index (κ3) is 3.23. The van der Waals surface area contributed by atoms with Crippen LogP contribution in [-0.4, -0.2) is 33.9 Å². The topological polar surface area (TPSA) is 36.1 Å². The fourth-order valence-corrected chi connectivity index (χ4v) is 6.49. The lowest BCUT2D eigenvalue weighted by Crippen LogP contribution is -2.41. The van der Waals surface area contributed by atoms with Crippen LogP contribution in [-0.2, 0) is 22.8 Å². The lowest BCUT2D eigenvalue weighted by atomic mass is 9.81. The summed E-state index contributed by atoms with van der Waals surface area (Å²) in [5.74, 6) is 0.770. The quantitative estimate of drug-likeness (QED) is 0.627. The van der Waals surface area contributed by atoms with Gasteiger partial charge < -0.3 is 4.98 Å². The van der Waals surface area contributed by atoms with Crippen LogP contribution in [0.25, 0.3) is 10.9 Å². The van der Waals surface area contributed by atoms with Gasteiger partial charge in [-0.15, -0.1) is 0 Å². The standard InChI is InChI=1S/C24H30N2OS/c1-4-24(26(2)3,18-10-6-5-7-11-18)16-14-22-23-20(15-17-28(22)27)19-12-8-9-13-21(19)25-23/h5-13,22,25H,4,14-17H2,1-3H3. The minimum atomic E-state index is -0.822. The summed E-state index contributed by atoms with van der Waals surface area (Å²) in [5, 5.41) is 1.39. The van der Waals surface area contributed by atoms with Gasteiger partial charge in [0.25, 0.3) is 0 Å². The molecule has 3 unspecified atom stereocenters. The summed E-state index contributed by atoms with van der Waals surface area (Å²) in [6.07, 6.45) is 3.86. The molecule has 1 aliphatic rings. The van der Waals surface area contributed by atoms with Crippen LogP contribution in [0.5, 0.6) is 0 Å². The summed E-state index contributed by atoms with van der Waals surface area (Å²) in [7, 11) is 3.52. The van der Waals surface area contributed by atoms with E-state index in [4.69, 9.17) is 0 Å². The average Bonchev–Trinajstić information content (AvgIpc) is 3.09. The van der Waals surface area contributed by atoms with Gasteiger partial charge in [0.1, 0.15) is 0 Å². The Labute approximate surface area is 170 Å². The Bertz CT molecular complexity index is 979. The van der Waals surface area contributed by atoms with Gasteiger partial charge in [-0.3, -0.25) is 9.11 Å². The van der Waals surface area contributed by atoms with Crippen LogP contribution in [0, 0.1) is 0 Å². The molecule has 0 saturated carbocycles. The maximum Gasteiger partial charge on any atom is 0.0751 e. The maximum absolute atomic E-state index is 13.0. The number of fused-ring (bicyclic) bond motifs is 3. The third-order valence-electron chi connectivity index (χ3n) is 6.61. The molecule has 1 aliphatic heterocycles. The Morgan fingerprint density at radius 1 is 1.11 bits per heavy atom. The number of rotatable bonds is 6. The molecule has 2 aromatic carbocycles. The van der Waals surface area contributed by atoms with Gasteiger partial charge in [0.2, 0.25) is 0 Å². The van der Waals surface area contributed by atoms with E-state index in [1.54, 1.807) is 0 Å². The monoisotopic (exact) mass is 394 g/mol. The van der Waals surface area contributed by atoms with Gasteiger partial charge in [-0.1, -0.05) is 55.5 Å². The molecule has 0 fully saturated rings. The average molecular weight is 395 g/mol. The molecular weight excluding hydrogens is 364 g/mol. The second-order valence-electron chi connectivity index (χ2n) is 8.07. The molecule has 0 amide bonds. The summed E-state index contributed by atoms with van der Waals surface area (Å²) in [5.41, 5.74) is 5.08. The number of aromatic nitrogens is 1. The molecule has 1 N–H and O–H groups in total. The van der Waals surface area contributed by atoms with Crippen molar-refractivity contribution in [3.8, 4) is 0 Å². The van der Waals surface area contributed by atoms with E-state index in [-0.39, 0.29) is 10.8 Å². The van der Waals surface area contributed by atoms with E-state index in [2.05, 4.69) is 85.5 Å². The van der Waals surface area contributed by atoms with Crippen LogP contribution < -0.4 is 0 Å². The highest BCUT2D eigenvalue weighted by Crippen LogP contribution is 2.42. The van der Waals surface area contributed by atoms with Gasteiger partial charge in [-0.2, -0.15) is 0 Å². The zero-order valence-electron chi connectivity index (χ0n) is 17.1. The zero-order valence-corrected chi connectivity index (χ0v) is 17.9. The normalized spacial score (nSPS) is 21.6. The molecule has 4 heteroatoms. The van der Waals surface area contributed by atoms with E-state index in [0.717, 1.165) is 31.4 Å². The largest absolute Gasteiger partial charge is 0.357 e. The van der Waals surface area contributed by atoms with Crippen LogP contribution in [0.1, 0.15) is 48.3 Å². The van der Waals surface area contributed by atoms with Crippen molar-refractivity contribution in [1.29, 1.82) is 0 Å². The number of nitrogens with one attached hydrogen (secondary N) is 1. The molecule has 0 radical (unpaired) electrons. The van der Waals surface area contributed by atoms with Crippen LogP contribution >= 0.6 is 0 Å². The van der Waals surface area contributed by atoms with Crippen LogP contribution in [0.4, 0.5) is 0 Å². The van der Waals surface area contributed by atoms with Gasteiger partial charge in [-0.25, -0.2) is 0 Å². The smallest absolute Gasteiger partial charge is 0.0751 e. The molecule has 28 heavy (non-hydrogen) atoms. The highest BCUT2D eigenvalue weighted by molar-refractivity contribution is 7.85. The van der Waals surface area contributed by atoms with Gasteiger partial charge in [-0.05, 0) is 57.0 Å². The number of para-hydroxylation sites is 1. The first-order valence-corrected chi connectivity index (χ1v) is 11.6. The van der Waals surface area contributed by atoms with E-state index in [1.165, 1.54) is 27.7 Å². The SMILES string of the molecule is CCC(CCC1c2[nH]c3ccccc3c2CCS1=O)(c1ccccc1)N(C)C. The second kappa shape index (κ2) is 7.84. The van der Waals surface area contributed by atoms with Gasteiger partial charge in [0, 0.05) is 38.7 Å². The Balaban J connectivity index is 1.68. The number of nitrogens with zero attached hydrogens (tertiary/aromatic N) is 1. The maximum atomic E-state index is 13.0. The highest BCUT2D eigenvalue weighted by atomic mass is 32.2. The number of hydrogen-bond donors (Lipinski definition) is 1. The first-order chi connectivity index (χ1) is 13.6. The minimum absolute atomic E-state index is 0.0327. The summed E-state index contributed by atoms with van der Waals surface area (Å²) >= 11 is 0. The molecule has 0 saturated heterocycles. The molecular formula is C24H30N2OS. The molecule has 0 bridgehead atoms. The lowest BCUT2D eigenvalue weighted by Gasteiger charge is -2.41. The molecule has 2 heterocycles. The Morgan fingerprint density at radius 3 is 2.54 bits per heavy atom. The van der Waals surface area contributed by atoms with Gasteiger partial charge >= 0.3 is 0 Å². The predicted molar refractivity (Wildman–Crippen MR) is 119 cm³/mol. The van der Waals surface area contributed by atoms with Crippen LogP contribution in [0.15, 0.2) is 54.6 Å². The fourth-order valence-electron chi connectivity index (χ4n) is 4.96. The lowest BCUT2D eigenvalue weighted by molar-refractivity contribution is 0.128. The van der Waals surface area contributed by atoms with E-state index in [1.807, 2.05) is 0 Å². The predicted octanol–water partition coefficient (Wildman–Crippen LogP) is 5.16. The highest BCUT2D eigenvalue weighted by Gasteiger charge is 2.36. The molecule has 148 valence electrons. The number of H-pyrrole nitrogens is 1. The van der Waals surface area contributed by atoms with Crippen molar-refractivity contribution < 1.29 is 4.21 Å². The summed E-state index contributed by atoms with van der Waals surface area (Å²) in [4.78, 5) is 5.96. The van der Waals surface area contributed by atoms with Crippen molar-refractivity contribution in [3.05, 3.63) is 71.4 Å². The summed E-state index contributed by atoms with van der Waals surface area (Å²) < 4.78 is 13.0. The van der Waals surface area contributed by atoms with Crippen molar-refractivity contribution >= 4 is 21.7 Å². The third-order valence-corrected chi connectivity index (χ3v) is 8.32. The number of aryl methyl sites for hydroxylation is 1. The first kappa shape index (κ1) is 19.4. The number of benzene rings is 2. The number of aromatic amines is 1. The molecule has 3 nitrogen and oxygen atoms in total. The Morgan fingerprint density at radius 2 is 1.82 bits per heavy atom. The van der Waals surface area contributed by atoms with E-state index in [9.17, 15) is 4.21 Å². The van der Waals surface area contributed by atoms with E-state index >= 15 is 0 Å². The molecule has 4 rings (SSSR count). The number of hydrogen-bond acceptors (Lipinski definition) is 2. The molecule has 3 atom stereocenters. The van der Waals surface area contributed by atoms with E-state index in [0.29, 0.717) is 0 Å². The van der Waals surface area contributed by atoms with Crippen molar-refractivity contribution in [2.75, 3.05) is 19.8 Å². The summed E-state index contributed by atoms with van der Waals surface area (Å²) in [6.45, 7) is 2.26. The Hall–Kier alpha value is -1.91. The minimum Gasteiger partial charge on any atom is -0.357 e. The van der Waals surface area contributed by atoms with Gasteiger partial charge in [0.05, 0.1) is 5.25 Å². The first-order valence-electron chi connectivity index (χ1n) is 10.3. The molecule has 0 aliphatic carbocycles. The fraction of sp³-hybridized carbons (Fsp3) is 0.417. The Kier molecular flexibility index (Phi) is 5.44. The van der Waals surface area contributed by atoms with E-state index < -0.39 is 10.8 Å². The second-order valence-corrected chi connectivity index (χ2v) is 9.81. The van der Waals surface area contributed by atoms with Crippen molar-refractivity contribution in [1.82, 2.24) is 9.88 Å².